The summed E-state index contributed by atoms with van der Waals surface area (Å²) in [5, 5.41) is 0.279. The third-order valence-corrected chi connectivity index (χ3v) is 6.84. The molecule has 1 saturated carbocycles. The van der Waals surface area contributed by atoms with Crippen molar-refractivity contribution in [2.75, 3.05) is 6.26 Å². The number of aryl methyl sites for hydroxylation is 2. The number of rotatable bonds is 6. The van der Waals surface area contributed by atoms with E-state index in [1.807, 2.05) is 20.1 Å². The Bertz CT molecular complexity index is 676. The van der Waals surface area contributed by atoms with Crippen LogP contribution in [0.15, 0.2) is 5.16 Å². The summed E-state index contributed by atoms with van der Waals surface area (Å²) < 4.78 is 26.8. The molecule has 2 rings (SSSR count). The minimum Gasteiger partial charge on any atom is -0.274 e. The van der Waals surface area contributed by atoms with Crippen LogP contribution < -0.4 is 4.72 Å². The number of nitrogens with one attached hydrogen (secondary N) is 1. The predicted octanol–water partition coefficient (Wildman–Crippen LogP) is 2.53. The number of sulfonamides is 1. The van der Waals surface area contributed by atoms with Crippen LogP contribution in [0.25, 0.3) is 0 Å². The van der Waals surface area contributed by atoms with Gasteiger partial charge in [0, 0.05) is 17.8 Å². The molecule has 0 bridgehead atoms. The van der Waals surface area contributed by atoms with E-state index in [4.69, 9.17) is 0 Å². The Balaban J connectivity index is 1.96. The van der Waals surface area contributed by atoms with E-state index in [1.165, 1.54) is 11.8 Å². The molecule has 1 fully saturated rings. The van der Waals surface area contributed by atoms with E-state index in [1.54, 1.807) is 0 Å². The van der Waals surface area contributed by atoms with E-state index in [0.717, 1.165) is 36.2 Å². The van der Waals surface area contributed by atoms with Crippen molar-refractivity contribution < 1.29 is 13.2 Å². The van der Waals surface area contributed by atoms with Crippen molar-refractivity contribution >= 4 is 27.7 Å². The Kier molecular flexibility index (Phi) is 6.62. The lowest BCUT2D eigenvalue weighted by Gasteiger charge is -2.21. The Morgan fingerprint density at radius 2 is 1.75 bits per heavy atom. The SMILES string of the molecule is CSc1nc(C)c(CCC(=O)NS(=O)(=O)C2CCCCC2)c(C)n1. The first-order valence-corrected chi connectivity index (χ1v) is 11.0. The highest BCUT2D eigenvalue weighted by Gasteiger charge is 2.28. The number of amides is 1. The molecule has 8 heteroatoms. The van der Waals surface area contributed by atoms with E-state index in [9.17, 15) is 13.2 Å². The quantitative estimate of drug-likeness (QED) is 0.610. The second-order valence-corrected chi connectivity index (χ2v) is 8.92. The molecule has 0 aliphatic heterocycles. The highest BCUT2D eigenvalue weighted by molar-refractivity contribution is 7.98. The van der Waals surface area contributed by atoms with Crippen LogP contribution in [0.1, 0.15) is 55.5 Å². The molecule has 1 aromatic rings. The molecule has 1 heterocycles. The average Bonchev–Trinajstić information content (AvgIpc) is 2.54. The maximum absolute atomic E-state index is 12.3. The minimum atomic E-state index is -3.55. The van der Waals surface area contributed by atoms with Gasteiger partial charge in [-0.3, -0.25) is 9.52 Å². The van der Waals surface area contributed by atoms with Crippen LogP contribution in [-0.4, -0.2) is 35.8 Å². The molecule has 1 aliphatic rings. The second kappa shape index (κ2) is 8.29. The fourth-order valence-electron chi connectivity index (χ4n) is 3.07. The maximum Gasteiger partial charge on any atom is 0.237 e. The van der Waals surface area contributed by atoms with Gasteiger partial charge < -0.3 is 0 Å². The smallest absolute Gasteiger partial charge is 0.237 e. The summed E-state index contributed by atoms with van der Waals surface area (Å²) in [6.45, 7) is 3.78. The lowest BCUT2D eigenvalue weighted by atomic mass is 10.0. The van der Waals surface area contributed by atoms with Crippen molar-refractivity contribution in [1.82, 2.24) is 14.7 Å². The van der Waals surface area contributed by atoms with Crippen LogP contribution in [0.5, 0.6) is 0 Å². The number of aromatic nitrogens is 2. The molecule has 0 aromatic carbocycles. The van der Waals surface area contributed by atoms with Crippen LogP contribution in [-0.2, 0) is 21.2 Å². The highest BCUT2D eigenvalue weighted by Crippen LogP contribution is 2.23. The third kappa shape index (κ3) is 4.92. The zero-order valence-corrected chi connectivity index (χ0v) is 16.1. The fraction of sp³-hybridized carbons (Fsp3) is 0.688. The molecule has 0 unspecified atom stereocenters. The number of hydrogen-bond acceptors (Lipinski definition) is 6. The summed E-state index contributed by atoms with van der Waals surface area (Å²) >= 11 is 1.47. The van der Waals surface area contributed by atoms with E-state index in [2.05, 4.69) is 14.7 Å². The topological polar surface area (TPSA) is 89.0 Å². The van der Waals surface area contributed by atoms with E-state index < -0.39 is 21.2 Å². The normalized spacial score (nSPS) is 16.1. The molecule has 1 amide bonds. The van der Waals surface area contributed by atoms with Gasteiger partial charge in [-0.2, -0.15) is 0 Å². The number of hydrogen-bond donors (Lipinski definition) is 1. The Morgan fingerprint density at radius 1 is 1.17 bits per heavy atom. The first-order valence-electron chi connectivity index (χ1n) is 8.26. The average molecular weight is 372 g/mol. The van der Waals surface area contributed by atoms with Crippen molar-refractivity contribution in [3.63, 3.8) is 0 Å². The van der Waals surface area contributed by atoms with Gasteiger partial charge in [0.05, 0.1) is 5.25 Å². The number of thioether (sulfide) groups is 1. The van der Waals surface area contributed by atoms with Gasteiger partial charge in [-0.15, -0.1) is 0 Å². The molecule has 24 heavy (non-hydrogen) atoms. The lowest BCUT2D eigenvalue weighted by molar-refractivity contribution is -0.119. The first kappa shape index (κ1) is 19.2. The van der Waals surface area contributed by atoms with Crippen molar-refractivity contribution in [2.45, 2.75) is 69.2 Å². The minimum absolute atomic E-state index is 0.121. The second-order valence-electron chi connectivity index (χ2n) is 6.19. The zero-order valence-electron chi connectivity index (χ0n) is 14.5. The molecular weight excluding hydrogens is 346 g/mol. The summed E-state index contributed by atoms with van der Waals surface area (Å²) in [6, 6.07) is 0. The zero-order chi connectivity index (χ0) is 17.7. The predicted molar refractivity (Wildman–Crippen MR) is 95.5 cm³/mol. The first-order chi connectivity index (χ1) is 11.3. The summed E-state index contributed by atoms with van der Waals surface area (Å²) in [4.78, 5) is 20.8. The number of carbonyl (C=O) groups is 1. The summed E-state index contributed by atoms with van der Waals surface area (Å²) in [7, 11) is -3.55. The molecule has 134 valence electrons. The summed E-state index contributed by atoms with van der Waals surface area (Å²) in [5.41, 5.74) is 2.60. The van der Waals surface area contributed by atoms with Gasteiger partial charge in [-0.1, -0.05) is 31.0 Å². The molecule has 0 radical (unpaired) electrons. The molecule has 0 saturated heterocycles. The highest BCUT2D eigenvalue weighted by atomic mass is 32.2. The Labute approximate surface area is 148 Å². The molecule has 1 aromatic heterocycles. The lowest BCUT2D eigenvalue weighted by Crippen LogP contribution is -2.39. The van der Waals surface area contributed by atoms with Crippen LogP contribution in [0.2, 0.25) is 0 Å². The fourth-order valence-corrected chi connectivity index (χ4v) is 5.07. The number of carbonyl (C=O) groups excluding carboxylic acids is 1. The maximum atomic E-state index is 12.3. The molecule has 1 aliphatic carbocycles. The van der Waals surface area contributed by atoms with Crippen molar-refractivity contribution in [3.8, 4) is 0 Å². The van der Waals surface area contributed by atoms with Crippen LogP contribution >= 0.6 is 11.8 Å². The molecule has 0 spiro atoms. The van der Waals surface area contributed by atoms with Gasteiger partial charge in [0.2, 0.25) is 15.9 Å². The Hall–Kier alpha value is -1.15. The number of nitrogens with zero attached hydrogens (tertiary/aromatic N) is 2. The van der Waals surface area contributed by atoms with Crippen LogP contribution in [0.3, 0.4) is 0 Å². The third-order valence-electron chi connectivity index (χ3n) is 4.43. The van der Waals surface area contributed by atoms with E-state index in [-0.39, 0.29) is 6.42 Å². The molecule has 1 N–H and O–H groups in total. The standard InChI is InChI=1S/C16H25N3O3S2/c1-11-14(12(2)18-16(17-11)23-3)9-10-15(20)19-24(21,22)13-7-5-4-6-8-13/h13H,4-10H2,1-3H3,(H,19,20). The van der Waals surface area contributed by atoms with Crippen molar-refractivity contribution in [2.24, 2.45) is 0 Å². The molecular formula is C16H25N3O3S2. The van der Waals surface area contributed by atoms with Gasteiger partial charge in [0.1, 0.15) is 0 Å². The molecule has 0 atom stereocenters. The van der Waals surface area contributed by atoms with E-state index >= 15 is 0 Å². The summed E-state index contributed by atoms with van der Waals surface area (Å²) in [5.74, 6) is -0.451. The van der Waals surface area contributed by atoms with Crippen LogP contribution in [0.4, 0.5) is 0 Å². The Morgan fingerprint density at radius 3 is 2.29 bits per heavy atom. The largest absolute Gasteiger partial charge is 0.274 e. The monoisotopic (exact) mass is 371 g/mol. The van der Waals surface area contributed by atoms with Gasteiger partial charge in [-0.25, -0.2) is 18.4 Å². The van der Waals surface area contributed by atoms with Gasteiger partial charge in [0.15, 0.2) is 5.16 Å². The van der Waals surface area contributed by atoms with Gasteiger partial charge >= 0.3 is 0 Å². The summed E-state index contributed by atoms with van der Waals surface area (Å²) in [6.07, 6.45) is 6.67. The van der Waals surface area contributed by atoms with E-state index in [0.29, 0.717) is 24.4 Å². The van der Waals surface area contributed by atoms with Crippen molar-refractivity contribution in [3.05, 3.63) is 17.0 Å². The van der Waals surface area contributed by atoms with Crippen molar-refractivity contribution in [1.29, 1.82) is 0 Å². The van der Waals surface area contributed by atoms with Crippen LogP contribution in [0, 0.1) is 13.8 Å². The van der Waals surface area contributed by atoms with Gasteiger partial charge in [0.25, 0.3) is 0 Å². The molecule has 6 nitrogen and oxygen atoms in total. The van der Waals surface area contributed by atoms with Gasteiger partial charge in [-0.05, 0) is 44.9 Å².